The summed E-state index contributed by atoms with van der Waals surface area (Å²) in [5, 5.41) is 18.4. The second kappa shape index (κ2) is 4.97. The molecule has 0 atom stereocenters. The van der Waals surface area contributed by atoms with Gasteiger partial charge in [0.15, 0.2) is 0 Å². The van der Waals surface area contributed by atoms with Crippen molar-refractivity contribution in [2.24, 2.45) is 7.05 Å². The number of hydrogen-bond acceptors (Lipinski definition) is 4. The van der Waals surface area contributed by atoms with Crippen LogP contribution in [0.2, 0.25) is 0 Å². The van der Waals surface area contributed by atoms with Gasteiger partial charge in [-0.15, -0.1) is 0 Å². The molecule has 0 amide bonds. The predicted molar refractivity (Wildman–Crippen MR) is 68.1 cm³/mol. The van der Waals surface area contributed by atoms with Crippen molar-refractivity contribution in [2.75, 3.05) is 7.05 Å². The normalized spacial score (nSPS) is 10.6. The highest BCUT2D eigenvalue weighted by molar-refractivity contribution is 5.72. The Morgan fingerprint density at radius 2 is 2.17 bits per heavy atom. The number of nitro groups is 1. The molecule has 0 fully saturated rings. The molecule has 2 rings (SSSR count). The number of aromatic nitrogens is 2. The van der Waals surface area contributed by atoms with Crippen molar-refractivity contribution in [3.05, 3.63) is 46.1 Å². The Kier molecular flexibility index (Phi) is 3.38. The SMILES string of the molecule is CNCc1cn(C)nc1-c1ccccc1[N+](=O)[O-]. The van der Waals surface area contributed by atoms with Crippen molar-refractivity contribution < 1.29 is 4.92 Å². The summed E-state index contributed by atoms with van der Waals surface area (Å²) >= 11 is 0. The van der Waals surface area contributed by atoms with E-state index >= 15 is 0 Å². The summed E-state index contributed by atoms with van der Waals surface area (Å²) in [6, 6.07) is 6.65. The number of benzene rings is 1. The topological polar surface area (TPSA) is 73.0 Å². The van der Waals surface area contributed by atoms with E-state index in [9.17, 15) is 10.1 Å². The van der Waals surface area contributed by atoms with Gasteiger partial charge >= 0.3 is 0 Å². The summed E-state index contributed by atoms with van der Waals surface area (Å²) in [6.45, 7) is 0.620. The summed E-state index contributed by atoms with van der Waals surface area (Å²) in [6.07, 6.45) is 1.86. The Bertz CT molecular complexity index is 577. The van der Waals surface area contributed by atoms with E-state index < -0.39 is 0 Å². The first-order chi connectivity index (χ1) is 8.63. The van der Waals surface area contributed by atoms with Gasteiger partial charge in [-0.2, -0.15) is 5.10 Å². The summed E-state index contributed by atoms with van der Waals surface area (Å²) in [4.78, 5) is 10.6. The van der Waals surface area contributed by atoms with Gasteiger partial charge in [-0.25, -0.2) is 0 Å². The van der Waals surface area contributed by atoms with Crippen molar-refractivity contribution in [1.29, 1.82) is 0 Å². The average molecular weight is 246 g/mol. The number of nitrogens with one attached hydrogen (secondary N) is 1. The maximum atomic E-state index is 11.0. The van der Waals surface area contributed by atoms with Crippen molar-refractivity contribution in [2.45, 2.75) is 6.54 Å². The minimum absolute atomic E-state index is 0.0774. The van der Waals surface area contributed by atoms with Crippen LogP contribution in [0.15, 0.2) is 30.5 Å². The Hall–Kier alpha value is -2.21. The lowest BCUT2D eigenvalue weighted by molar-refractivity contribution is -0.384. The quantitative estimate of drug-likeness (QED) is 0.658. The third-order valence-corrected chi connectivity index (χ3v) is 2.63. The van der Waals surface area contributed by atoms with Crippen LogP contribution in [0, 0.1) is 10.1 Å². The van der Waals surface area contributed by atoms with E-state index in [2.05, 4.69) is 10.4 Å². The van der Waals surface area contributed by atoms with Crippen molar-refractivity contribution in [3.63, 3.8) is 0 Å². The zero-order valence-corrected chi connectivity index (χ0v) is 10.3. The lowest BCUT2D eigenvalue weighted by Gasteiger charge is -2.02. The van der Waals surface area contributed by atoms with Crippen molar-refractivity contribution in [1.82, 2.24) is 15.1 Å². The van der Waals surface area contributed by atoms with Crippen LogP contribution < -0.4 is 5.32 Å². The number of para-hydroxylation sites is 1. The van der Waals surface area contributed by atoms with E-state index in [1.54, 1.807) is 29.9 Å². The van der Waals surface area contributed by atoms with Gasteiger partial charge in [-0.3, -0.25) is 14.8 Å². The zero-order valence-electron chi connectivity index (χ0n) is 10.3. The fraction of sp³-hybridized carbons (Fsp3) is 0.250. The molecule has 0 unspecified atom stereocenters. The Morgan fingerprint density at radius 3 is 2.83 bits per heavy atom. The fourth-order valence-electron chi connectivity index (χ4n) is 1.92. The third-order valence-electron chi connectivity index (χ3n) is 2.63. The first-order valence-electron chi connectivity index (χ1n) is 5.54. The average Bonchev–Trinajstić information content (AvgIpc) is 2.71. The minimum atomic E-state index is -0.382. The number of rotatable bonds is 4. The molecular formula is C12H14N4O2. The van der Waals surface area contributed by atoms with Crippen LogP contribution in [-0.4, -0.2) is 21.8 Å². The van der Waals surface area contributed by atoms with Gasteiger partial charge < -0.3 is 5.32 Å². The molecule has 0 saturated carbocycles. The number of nitrogens with zero attached hydrogens (tertiary/aromatic N) is 3. The van der Waals surface area contributed by atoms with Crippen LogP contribution in [0.25, 0.3) is 11.3 Å². The molecule has 18 heavy (non-hydrogen) atoms. The van der Waals surface area contributed by atoms with E-state index in [1.807, 2.05) is 13.2 Å². The van der Waals surface area contributed by atoms with Gasteiger partial charge in [-0.05, 0) is 13.1 Å². The van der Waals surface area contributed by atoms with Gasteiger partial charge in [0.05, 0.1) is 10.5 Å². The molecule has 1 N–H and O–H groups in total. The molecule has 2 aromatic rings. The smallest absolute Gasteiger partial charge is 0.278 e. The first-order valence-corrected chi connectivity index (χ1v) is 5.54. The number of hydrogen-bond donors (Lipinski definition) is 1. The van der Waals surface area contributed by atoms with Gasteiger partial charge in [0.1, 0.15) is 5.69 Å². The highest BCUT2D eigenvalue weighted by atomic mass is 16.6. The predicted octanol–water partition coefficient (Wildman–Crippen LogP) is 1.71. The molecule has 0 aliphatic carbocycles. The Labute approximate surface area is 104 Å². The number of aryl methyl sites for hydroxylation is 1. The van der Waals surface area contributed by atoms with Crippen LogP contribution in [0.3, 0.4) is 0 Å². The van der Waals surface area contributed by atoms with Gasteiger partial charge in [0.2, 0.25) is 0 Å². The van der Waals surface area contributed by atoms with Crippen molar-refractivity contribution >= 4 is 5.69 Å². The summed E-state index contributed by atoms with van der Waals surface area (Å²) in [5.41, 5.74) is 2.22. The molecule has 1 aromatic carbocycles. The first kappa shape index (κ1) is 12.3. The molecule has 1 aromatic heterocycles. The second-order valence-corrected chi connectivity index (χ2v) is 3.98. The van der Waals surface area contributed by atoms with E-state index in [1.165, 1.54) is 6.07 Å². The Balaban J connectivity index is 2.58. The summed E-state index contributed by atoms with van der Waals surface area (Å²) < 4.78 is 1.67. The highest BCUT2D eigenvalue weighted by Crippen LogP contribution is 2.30. The third kappa shape index (κ3) is 2.23. The van der Waals surface area contributed by atoms with Crippen LogP contribution in [0.4, 0.5) is 5.69 Å². The van der Waals surface area contributed by atoms with Crippen LogP contribution in [0.1, 0.15) is 5.56 Å². The molecule has 0 radical (unpaired) electrons. The molecule has 0 bridgehead atoms. The largest absolute Gasteiger partial charge is 0.316 e. The molecule has 0 saturated heterocycles. The van der Waals surface area contributed by atoms with Crippen molar-refractivity contribution in [3.8, 4) is 11.3 Å². The van der Waals surface area contributed by atoms with E-state index in [0.29, 0.717) is 17.8 Å². The number of nitro benzene ring substituents is 1. The molecular weight excluding hydrogens is 232 g/mol. The van der Waals surface area contributed by atoms with Crippen LogP contribution >= 0.6 is 0 Å². The van der Waals surface area contributed by atoms with E-state index in [0.717, 1.165) is 5.56 Å². The minimum Gasteiger partial charge on any atom is -0.316 e. The molecule has 94 valence electrons. The maximum Gasteiger partial charge on any atom is 0.278 e. The molecule has 6 nitrogen and oxygen atoms in total. The highest BCUT2D eigenvalue weighted by Gasteiger charge is 2.19. The van der Waals surface area contributed by atoms with Gasteiger partial charge in [0, 0.05) is 31.4 Å². The molecule has 0 spiro atoms. The fourth-order valence-corrected chi connectivity index (χ4v) is 1.92. The zero-order chi connectivity index (χ0) is 13.1. The van der Waals surface area contributed by atoms with E-state index in [4.69, 9.17) is 0 Å². The monoisotopic (exact) mass is 246 g/mol. The second-order valence-electron chi connectivity index (χ2n) is 3.98. The molecule has 0 aliphatic heterocycles. The lowest BCUT2D eigenvalue weighted by Crippen LogP contribution is -2.05. The van der Waals surface area contributed by atoms with Crippen LogP contribution in [0.5, 0.6) is 0 Å². The van der Waals surface area contributed by atoms with Gasteiger partial charge in [0.25, 0.3) is 5.69 Å². The summed E-state index contributed by atoms with van der Waals surface area (Å²) in [5.74, 6) is 0. The maximum absolute atomic E-state index is 11.0. The standard InChI is InChI=1S/C12H14N4O2/c1-13-7-9-8-15(2)14-12(9)10-5-3-4-6-11(10)16(17)18/h3-6,8,13H,7H2,1-2H3. The molecule has 0 aliphatic rings. The summed E-state index contributed by atoms with van der Waals surface area (Å²) in [7, 11) is 3.63. The molecule has 6 heteroatoms. The lowest BCUT2D eigenvalue weighted by atomic mass is 10.1. The van der Waals surface area contributed by atoms with Crippen LogP contribution in [-0.2, 0) is 13.6 Å². The van der Waals surface area contributed by atoms with E-state index in [-0.39, 0.29) is 10.6 Å². The Morgan fingerprint density at radius 1 is 1.44 bits per heavy atom. The molecule has 1 heterocycles. The van der Waals surface area contributed by atoms with Gasteiger partial charge in [-0.1, -0.05) is 12.1 Å².